The molecule has 1 N–H and O–H groups in total. The number of methoxy groups -OCH3 is 1. The monoisotopic (exact) mass is 318 g/mol. The van der Waals surface area contributed by atoms with Crippen LogP contribution in [0, 0.1) is 0 Å². The molecule has 0 bridgehead atoms. The van der Waals surface area contributed by atoms with Gasteiger partial charge in [0.15, 0.2) is 0 Å². The quantitative estimate of drug-likeness (QED) is 0.925. The minimum atomic E-state index is 0.0272. The van der Waals surface area contributed by atoms with Crippen molar-refractivity contribution in [2.75, 3.05) is 38.3 Å². The van der Waals surface area contributed by atoms with E-state index in [-0.39, 0.29) is 11.9 Å². The van der Waals surface area contributed by atoms with E-state index in [0.717, 1.165) is 63.2 Å². The molecule has 1 aromatic rings. The van der Waals surface area contributed by atoms with Gasteiger partial charge >= 0.3 is 0 Å². The van der Waals surface area contributed by atoms with E-state index in [4.69, 9.17) is 9.47 Å². The van der Waals surface area contributed by atoms with E-state index in [1.807, 2.05) is 24.3 Å². The Bertz CT molecular complexity index is 504. The van der Waals surface area contributed by atoms with Crippen molar-refractivity contribution < 1.29 is 14.3 Å². The van der Waals surface area contributed by atoms with E-state index < -0.39 is 0 Å². The topological polar surface area (TPSA) is 50.8 Å². The van der Waals surface area contributed by atoms with Crippen molar-refractivity contribution in [3.8, 4) is 0 Å². The minimum absolute atomic E-state index is 0.0272. The zero-order valence-corrected chi connectivity index (χ0v) is 13.8. The average Bonchev–Trinajstić information content (AvgIpc) is 2.63. The summed E-state index contributed by atoms with van der Waals surface area (Å²) in [6, 6.07) is 8.17. The molecule has 5 heteroatoms. The van der Waals surface area contributed by atoms with Crippen LogP contribution in [0.25, 0.3) is 0 Å². The molecule has 126 valence electrons. The first-order valence-corrected chi connectivity index (χ1v) is 8.52. The summed E-state index contributed by atoms with van der Waals surface area (Å²) in [5, 5.41) is 3.15. The molecule has 1 amide bonds. The fraction of sp³-hybridized carbons (Fsp3) is 0.611. The Hall–Kier alpha value is -1.59. The first kappa shape index (κ1) is 16.3. The van der Waals surface area contributed by atoms with Gasteiger partial charge in [-0.3, -0.25) is 4.79 Å². The van der Waals surface area contributed by atoms with Gasteiger partial charge in [-0.15, -0.1) is 0 Å². The predicted molar refractivity (Wildman–Crippen MR) is 90.0 cm³/mol. The Balaban J connectivity index is 1.53. The van der Waals surface area contributed by atoms with Gasteiger partial charge < -0.3 is 19.7 Å². The minimum Gasteiger partial charge on any atom is -0.381 e. The highest BCUT2D eigenvalue weighted by atomic mass is 16.5. The standard InChI is InChI=1S/C18H26N2O3/c1-22-17-8-4-15(5-9-17)19-18(21)14-2-6-16(7-3-14)20-10-12-23-13-11-20/h2-3,6-7,15,17H,4-5,8-13H2,1H3,(H,19,21). The number of hydrogen-bond donors (Lipinski definition) is 1. The molecule has 2 fully saturated rings. The van der Waals surface area contributed by atoms with Gasteiger partial charge in [0.1, 0.15) is 0 Å². The third-order valence-electron chi connectivity index (χ3n) is 4.85. The molecule has 2 aliphatic rings. The van der Waals surface area contributed by atoms with Gasteiger partial charge in [0.05, 0.1) is 19.3 Å². The lowest BCUT2D eigenvalue weighted by Gasteiger charge is -2.29. The van der Waals surface area contributed by atoms with Crippen molar-refractivity contribution in [1.29, 1.82) is 0 Å². The maximum absolute atomic E-state index is 12.4. The number of carbonyl (C=O) groups is 1. The number of benzene rings is 1. The summed E-state index contributed by atoms with van der Waals surface area (Å²) in [5.41, 5.74) is 1.89. The van der Waals surface area contributed by atoms with E-state index in [1.165, 1.54) is 0 Å². The number of morpholine rings is 1. The Morgan fingerprint density at radius 3 is 2.39 bits per heavy atom. The summed E-state index contributed by atoms with van der Waals surface area (Å²) in [7, 11) is 1.76. The molecule has 0 aromatic heterocycles. The van der Waals surface area contributed by atoms with Gasteiger partial charge in [-0.05, 0) is 49.9 Å². The molecular formula is C18H26N2O3. The molecule has 1 saturated carbocycles. The summed E-state index contributed by atoms with van der Waals surface area (Å²) in [5.74, 6) is 0.0272. The Morgan fingerprint density at radius 1 is 1.13 bits per heavy atom. The number of ether oxygens (including phenoxy) is 2. The van der Waals surface area contributed by atoms with Crippen LogP contribution in [-0.4, -0.2) is 51.5 Å². The smallest absolute Gasteiger partial charge is 0.251 e. The molecular weight excluding hydrogens is 292 g/mol. The van der Waals surface area contributed by atoms with Crippen LogP contribution in [0.4, 0.5) is 5.69 Å². The third-order valence-corrected chi connectivity index (χ3v) is 4.85. The molecule has 3 rings (SSSR count). The van der Waals surface area contributed by atoms with Crippen LogP contribution in [-0.2, 0) is 9.47 Å². The van der Waals surface area contributed by atoms with Gasteiger partial charge in [-0.1, -0.05) is 0 Å². The van der Waals surface area contributed by atoms with Crippen molar-refractivity contribution in [3.63, 3.8) is 0 Å². The lowest BCUT2D eigenvalue weighted by molar-refractivity contribution is 0.0599. The predicted octanol–water partition coefficient (Wildman–Crippen LogP) is 2.21. The van der Waals surface area contributed by atoms with E-state index in [0.29, 0.717) is 6.10 Å². The Labute approximate surface area is 137 Å². The number of nitrogens with one attached hydrogen (secondary N) is 1. The normalized spacial score (nSPS) is 25.2. The number of nitrogens with zero attached hydrogens (tertiary/aromatic N) is 1. The van der Waals surface area contributed by atoms with Crippen molar-refractivity contribution in [2.24, 2.45) is 0 Å². The first-order chi connectivity index (χ1) is 11.3. The SMILES string of the molecule is COC1CCC(NC(=O)c2ccc(N3CCOCC3)cc2)CC1. The van der Waals surface area contributed by atoms with Gasteiger partial charge in [0, 0.05) is 37.5 Å². The lowest BCUT2D eigenvalue weighted by Crippen LogP contribution is -2.39. The van der Waals surface area contributed by atoms with Gasteiger partial charge in [-0.25, -0.2) is 0 Å². The molecule has 5 nitrogen and oxygen atoms in total. The van der Waals surface area contributed by atoms with Crippen molar-refractivity contribution in [2.45, 2.75) is 37.8 Å². The van der Waals surface area contributed by atoms with E-state index in [2.05, 4.69) is 10.2 Å². The van der Waals surface area contributed by atoms with Gasteiger partial charge in [0.25, 0.3) is 5.91 Å². The lowest BCUT2D eigenvalue weighted by atomic mass is 9.93. The van der Waals surface area contributed by atoms with E-state index in [9.17, 15) is 4.79 Å². The number of anilines is 1. The van der Waals surface area contributed by atoms with Crippen molar-refractivity contribution in [3.05, 3.63) is 29.8 Å². The Morgan fingerprint density at radius 2 is 1.78 bits per heavy atom. The number of rotatable bonds is 4. The second-order valence-corrected chi connectivity index (χ2v) is 6.33. The van der Waals surface area contributed by atoms with Crippen LogP contribution in [0.3, 0.4) is 0 Å². The molecule has 23 heavy (non-hydrogen) atoms. The average molecular weight is 318 g/mol. The number of hydrogen-bond acceptors (Lipinski definition) is 4. The highest BCUT2D eigenvalue weighted by Crippen LogP contribution is 2.21. The zero-order valence-electron chi connectivity index (χ0n) is 13.8. The van der Waals surface area contributed by atoms with E-state index >= 15 is 0 Å². The second-order valence-electron chi connectivity index (χ2n) is 6.33. The molecule has 0 unspecified atom stereocenters. The number of carbonyl (C=O) groups excluding carboxylic acids is 1. The van der Waals surface area contributed by atoms with Crippen molar-refractivity contribution in [1.82, 2.24) is 5.32 Å². The summed E-state index contributed by atoms with van der Waals surface area (Å²) < 4.78 is 10.7. The summed E-state index contributed by atoms with van der Waals surface area (Å²) in [6.07, 6.45) is 4.40. The first-order valence-electron chi connectivity index (χ1n) is 8.52. The van der Waals surface area contributed by atoms with Crippen LogP contribution < -0.4 is 10.2 Å². The molecule has 1 aromatic carbocycles. The largest absolute Gasteiger partial charge is 0.381 e. The molecule has 1 saturated heterocycles. The van der Waals surface area contributed by atoms with Crippen LogP contribution >= 0.6 is 0 Å². The highest BCUT2D eigenvalue weighted by molar-refractivity contribution is 5.94. The zero-order chi connectivity index (χ0) is 16.1. The fourth-order valence-corrected chi connectivity index (χ4v) is 3.36. The second kappa shape index (κ2) is 7.79. The molecule has 0 atom stereocenters. The third kappa shape index (κ3) is 4.24. The Kier molecular flexibility index (Phi) is 5.51. The summed E-state index contributed by atoms with van der Waals surface area (Å²) in [4.78, 5) is 14.7. The van der Waals surface area contributed by atoms with Crippen LogP contribution in [0.1, 0.15) is 36.0 Å². The van der Waals surface area contributed by atoms with Crippen LogP contribution in [0.2, 0.25) is 0 Å². The van der Waals surface area contributed by atoms with Gasteiger partial charge in [0.2, 0.25) is 0 Å². The van der Waals surface area contributed by atoms with Crippen molar-refractivity contribution >= 4 is 11.6 Å². The van der Waals surface area contributed by atoms with E-state index in [1.54, 1.807) is 7.11 Å². The molecule has 0 radical (unpaired) electrons. The summed E-state index contributed by atoms with van der Waals surface area (Å²) in [6.45, 7) is 3.36. The fourth-order valence-electron chi connectivity index (χ4n) is 3.36. The molecule has 1 heterocycles. The molecule has 1 aliphatic carbocycles. The van der Waals surface area contributed by atoms with Crippen LogP contribution in [0.5, 0.6) is 0 Å². The maximum Gasteiger partial charge on any atom is 0.251 e. The summed E-state index contributed by atoms with van der Waals surface area (Å²) >= 11 is 0. The molecule has 1 aliphatic heterocycles. The van der Waals surface area contributed by atoms with Gasteiger partial charge in [-0.2, -0.15) is 0 Å². The van der Waals surface area contributed by atoms with Crippen LogP contribution in [0.15, 0.2) is 24.3 Å². The number of amides is 1. The molecule has 0 spiro atoms. The maximum atomic E-state index is 12.4. The highest BCUT2D eigenvalue weighted by Gasteiger charge is 2.22.